The summed E-state index contributed by atoms with van der Waals surface area (Å²) in [6, 6.07) is 3.67. The van der Waals surface area contributed by atoms with Gasteiger partial charge in [0.2, 0.25) is 5.91 Å². The standard InChI is InChI=1S/C14H22N2O3/c1-2-18-12-5-7-16(8-6-12)11-14(17)15-10-13-4-3-9-19-13/h3-4,9,12H,2,5-8,10-11H2,1H3,(H,15,17). The van der Waals surface area contributed by atoms with Crippen LogP contribution in [0.25, 0.3) is 0 Å². The summed E-state index contributed by atoms with van der Waals surface area (Å²) in [6.07, 6.45) is 4.01. The average Bonchev–Trinajstić information content (AvgIpc) is 2.92. The molecule has 1 N–H and O–H groups in total. The van der Waals surface area contributed by atoms with Gasteiger partial charge in [0.25, 0.3) is 0 Å². The van der Waals surface area contributed by atoms with E-state index in [4.69, 9.17) is 9.15 Å². The van der Waals surface area contributed by atoms with Crippen LogP contribution in [-0.2, 0) is 16.1 Å². The number of rotatable bonds is 6. The van der Waals surface area contributed by atoms with Gasteiger partial charge in [0.05, 0.1) is 25.5 Å². The predicted octanol–water partition coefficient (Wildman–Crippen LogP) is 1.40. The Morgan fingerprint density at radius 3 is 2.95 bits per heavy atom. The van der Waals surface area contributed by atoms with Crippen LogP contribution in [0, 0.1) is 0 Å². The number of carbonyl (C=O) groups excluding carboxylic acids is 1. The smallest absolute Gasteiger partial charge is 0.234 e. The minimum absolute atomic E-state index is 0.0475. The van der Waals surface area contributed by atoms with E-state index in [0.717, 1.165) is 38.3 Å². The molecule has 5 heteroatoms. The number of hydrogen-bond donors (Lipinski definition) is 1. The third-order valence-corrected chi connectivity index (χ3v) is 3.34. The van der Waals surface area contributed by atoms with Crippen molar-refractivity contribution in [3.8, 4) is 0 Å². The lowest BCUT2D eigenvalue weighted by Crippen LogP contribution is -2.43. The Morgan fingerprint density at radius 2 is 2.32 bits per heavy atom. The second-order valence-electron chi connectivity index (χ2n) is 4.79. The first kappa shape index (κ1) is 14.1. The highest BCUT2D eigenvalue weighted by atomic mass is 16.5. The summed E-state index contributed by atoms with van der Waals surface area (Å²) in [5.41, 5.74) is 0. The first-order valence-corrected chi connectivity index (χ1v) is 6.91. The predicted molar refractivity (Wildman–Crippen MR) is 71.6 cm³/mol. The van der Waals surface area contributed by atoms with Gasteiger partial charge < -0.3 is 14.5 Å². The van der Waals surface area contributed by atoms with Crippen molar-refractivity contribution in [2.24, 2.45) is 0 Å². The van der Waals surface area contributed by atoms with Crippen LogP contribution in [0.4, 0.5) is 0 Å². The molecule has 106 valence electrons. The lowest BCUT2D eigenvalue weighted by Gasteiger charge is -2.31. The molecule has 1 fully saturated rings. The molecule has 1 amide bonds. The van der Waals surface area contributed by atoms with E-state index in [0.29, 0.717) is 19.2 Å². The Morgan fingerprint density at radius 1 is 1.53 bits per heavy atom. The summed E-state index contributed by atoms with van der Waals surface area (Å²) < 4.78 is 10.8. The molecular weight excluding hydrogens is 244 g/mol. The molecule has 0 aliphatic carbocycles. The molecule has 0 atom stereocenters. The van der Waals surface area contributed by atoms with Crippen molar-refractivity contribution in [2.45, 2.75) is 32.4 Å². The monoisotopic (exact) mass is 266 g/mol. The minimum atomic E-state index is 0.0475. The zero-order chi connectivity index (χ0) is 13.5. The molecule has 2 heterocycles. The molecule has 1 aliphatic heterocycles. The fraction of sp³-hybridized carbons (Fsp3) is 0.643. The number of carbonyl (C=O) groups is 1. The normalized spacial score (nSPS) is 17.5. The van der Waals surface area contributed by atoms with Gasteiger partial charge in [-0.2, -0.15) is 0 Å². The number of nitrogens with zero attached hydrogens (tertiary/aromatic N) is 1. The first-order valence-electron chi connectivity index (χ1n) is 6.91. The van der Waals surface area contributed by atoms with Gasteiger partial charge in [-0.05, 0) is 31.9 Å². The fourth-order valence-corrected chi connectivity index (χ4v) is 2.33. The number of nitrogens with one attached hydrogen (secondary N) is 1. The van der Waals surface area contributed by atoms with Crippen molar-refractivity contribution in [2.75, 3.05) is 26.2 Å². The highest BCUT2D eigenvalue weighted by Gasteiger charge is 2.20. The van der Waals surface area contributed by atoms with Crippen molar-refractivity contribution in [1.29, 1.82) is 0 Å². The van der Waals surface area contributed by atoms with Crippen molar-refractivity contribution in [3.63, 3.8) is 0 Å². The summed E-state index contributed by atoms with van der Waals surface area (Å²) in [6.45, 7) is 5.57. The molecule has 0 unspecified atom stereocenters. The van der Waals surface area contributed by atoms with Crippen LogP contribution in [0.1, 0.15) is 25.5 Å². The summed E-state index contributed by atoms with van der Waals surface area (Å²) in [5.74, 6) is 0.828. The molecule has 0 radical (unpaired) electrons. The number of likely N-dealkylation sites (tertiary alicyclic amines) is 1. The zero-order valence-corrected chi connectivity index (χ0v) is 11.4. The SMILES string of the molecule is CCOC1CCN(CC(=O)NCc2ccco2)CC1. The fourth-order valence-electron chi connectivity index (χ4n) is 2.33. The molecular formula is C14H22N2O3. The van der Waals surface area contributed by atoms with Crippen molar-refractivity contribution in [3.05, 3.63) is 24.2 Å². The number of ether oxygens (including phenoxy) is 1. The maximum absolute atomic E-state index is 11.8. The van der Waals surface area contributed by atoms with Crippen LogP contribution < -0.4 is 5.32 Å². The van der Waals surface area contributed by atoms with Crippen molar-refractivity contribution >= 4 is 5.91 Å². The van der Waals surface area contributed by atoms with Crippen LogP contribution >= 0.6 is 0 Å². The maximum Gasteiger partial charge on any atom is 0.234 e. The van der Waals surface area contributed by atoms with E-state index in [-0.39, 0.29) is 5.91 Å². The minimum Gasteiger partial charge on any atom is -0.467 e. The van der Waals surface area contributed by atoms with E-state index in [2.05, 4.69) is 10.2 Å². The van der Waals surface area contributed by atoms with Gasteiger partial charge in [-0.15, -0.1) is 0 Å². The van der Waals surface area contributed by atoms with Gasteiger partial charge in [0.1, 0.15) is 5.76 Å². The van der Waals surface area contributed by atoms with Gasteiger partial charge >= 0.3 is 0 Å². The molecule has 0 spiro atoms. The number of hydrogen-bond acceptors (Lipinski definition) is 4. The van der Waals surface area contributed by atoms with Gasteiger partial charge in [-0.25, -0.2) is 0 Å². The second-order valence-corrected chi connectivity index (χ2v) is 4.79. The van der Waals surface area contributed by atoms with Gasteiger partial charge in [-0.3, -0.25) is 9.69 Å². The molecule has 0 aromatic carbocycles. The molecule has 1 saturated heterocycles. The van der Waals surface area contributed by atoms with E-state index < -0.39 is 0 Å². The molecule has 5 nitrogen and oxygen atoms in total. The Balaban J connectivity index is 1.63. The summed E-state index contributed by atoms with van der Waals surface area (Å²) >= 11 is 0. The molecule has 0 bridgehead atoms. The number of amides is 1. The van der Waals surface area contributed by atoms with E-state index in [1.54, 1.807) is 6.26 Å². The summed E-state index contributed by atoms with van der Waals surface area (Å²) in [4.78, 5) is 14.0. The van der Waals surface area contributed by atoms with E-state index >= 15 is 0 Å². The lowest BCUT2D eigenvalue weighted by atomic mass is 10.1. The third-order valence-electron chi connectivity index (χ3n) is 3.34. The first-order chi connectivity index (χ1) is 9.28. The van der Waals surface area contributed by atoms with Crippen molar-refractivity contribution < 1.29 is 13.9 Å². The highest BCUT2D eigenvalue weighted by molar-refractivity contribution is 5.77. The van der Waals surface area contributed by atoms with Crippen LogP contribution in [0.15, 0.2) is 22.8 Å². The molecule has 1 aromatic heterocycles. The molecule has 2 rings (SSSR count). The van der Waals surface area contributed by atoms with Crippen molar-refractivity contribution in [1.82, 2.24) is 10.2 Å². The molecule has 0 saturated carbocycles. The number of furan rings is 1. The molecule has 19 heavy (non-hydrogen) atoms. The Hall–Kier alpha value is -1.33. The van der Waals surface area contributed by atoms with Crippen LogP contribution in [0.5, 0.6) is 0 Å². The van der Waals surface area contributed by atoms with Gasteiger partial charge in [0.15, 0.2) is 0 Å². The lowest BCUT2D eigenvalue weighted by molar-refractivity contribution is -0.123. The van der Waals surface area contributed by atoms with E-state index in [9.17, 15) is 4.79 Å². The van der Waals surface area contributed by atoms with Crippen LogP contribution in [-0.4, -0.2) is 43.2 Å². The zero-order valence-electron chi connectivity index (χ0n) is 11.4. The third kappa shape index (κ3) is 4.69. The van der Waals surface area contributed by atoms with Gasteiger partial charge in [0, 0.05) is 19.7 Å². The molecule has 1 aliphatic rings. The Kier molecular flexibility index (Phi) is 5.42. The summed E-state index contributed by atoms with van der Waals surface area (Å²) in [5, 5.41) is 2.86. The van der Waals surface area contributed by atoms with E-state index in [1.165, 1.54) is 0 Å². The largest absolute Gasteiger partial charge is 0.467 e. The highest BCUT2D eigenvalue weighted by Crippen LogP contribution is 2.13. The quantitative estimate of drug-likeness (QED) is 0.845. The molecule has 1 aromatic rings. The van der Waals surface area contributed by atoms with E-state index in [1.807, 2.05) is 19.1 Å². The Labute approximate surface area is 113 Å². The van der Waals surface area contributed by atoms with Crippen LogP contribution in [0.2, 0.25) is 0 Å². The number of piperidine rings is 1. The summed E-state index contributed by atoms with van der Waals surface area (Å²) in [7, 11) is 0. The topological polar surface area (TPSA) is 54.7 Å². The second kappa shape index (κ2) is 7.31. The van der Waals surface area contributed by atoms with Crippen LogP contribution in [0.3, 0.4) is 0 Å². The average molecular weight is 266 g/mol. The maximum atomic E-state index is 11.8. The van der Waals surface area contributed by atoms with Gasteiger partial charge in [-0.1, -0.05) is 0 Å². The Bertz CT molecular complexity index is 370.